The first-order valence-electron chi connectivity index (χ1n) is 9.70. The van der Waals surface area contributed by atoms with E-state index in [0.717, 1.165) is 6.42 Å². The van der Waals surface area contributed by atoms with Crippen LogP contribution in [-0.2, 0) is 17.8 Å². The minimum Gasteiger partial charge on any atom is -0.351 e. The number of benzene rings is 1. The summed E-state index contributed by atoms with van der Waals surface area (Å²) in [5.41, 5.74) is 3.71. The Morgan fingerprint density at radius 3 is 3.00 bits per heavy atom. The van der Waals surface area contributed by atoms with Crippen molar-refractivity contribution in [2.24, 2.45) is 5.92 Å². The van der Waals surface area contributed by atoms with Gasteiger partial charge in [0.25, 0.3) is 0 Å². The molecule has 0 radical (unpaired) electrons. The largest absolute Gasteiger partial charge is 0.351 e. The van der Waals surface area contributed by atoms with Crippen LogP contribution in [0.4, 0.5) is 0 Å². The van der Waals surface area contributed by atoms with Crippen molar-refractivity contribution in [1.29, 1.82) is 0 Å². The first-order chi connectivity index (χ1) is 13.0. The van der Waals surface area contributed by atoms with Crippen molar-refractivity contribution in [2.75, 3.05) is 6.54 Å². The number of hydrogen-bond acceptors (Lipinski definition) is 2. The van der Waals surface area contributed by atoms with E-state index in [0.29, 0.717) is 25.4 Å². The molecule has 2 atom stereocenters. The van der Waals surface area contributed by atoms with Crippen LogP contribution in [0.1, 0.15) is 44.4 Å². The zero-order chi connectivity index (χ0) is 19.4. The molecule has 3 rings (SSSR count). The molecular weight excluding hydrogens is 334 g/mol. The van der Waals surface area contributed by atoms with Gasteiger partial charge in [0.15, 0.2) is 0 Å². The van der Waals surface area contributed by atoms with Crippen molar-refractivity contribution in [3.05, 3.63) is 48.2 Å². The fourth-order valence-electron chi connectivity index (χ4n) is 3.95. The van der Waals surface area contributed by atoms with Crippen LogP contribution >= 0.6 is 0 Å². The van der Waals surface area contributed by atoms with Crippen LogP contribution in [0.5, 0.6) is 0 Å². The van der Waals surface area contributed by atoms with Crippen LogP contribution < -0.4 is 10.6 Å². The van der Waals surface area contributed by atoms with E-state index in [9.17, 15) is 4.79 Å². The second kappa shape index (κ2) is 8.45. The molecule has 27 heavy (non-hydrogen) atoms. The van der Waals surface area contributed by atoms with Crippen LogP contribution in [0.15, 0.2) is 37.1 Å². The van der Waals surface area contributed by atoms with Gasteiger partial charge in [-0.1, -0.05) is 38.0 Å². The molecular formula is C23H29N3O. The highest BCUT2D eigenvalue weighted by Crippen LogP contribution is 2.35. The summed E-state index contributed by atoms with van der Waals surface area (Å²) in [4.78, 5) is 12.7. The molecule has 1 aromatic heterocycles. The van der Waals surface area contributed by atoms with E-state index < -0.39 is 0 Å². The van der Waals surface area contributed by atoms with Crippen LogP contribution in [0, 0.1) is 17.8 Å². The van der Waals surface area contributed by atoms with Gasteiger partial charge in [0.2, 0.25) is 5.91 Å². The number of carbonyl (C=O) groups is 1. The summed E-state index contributed by atoms with van der Waals surface area (Å²) in [6.45, 7) is 11.2. The molecule has 2 aromatic rings. The Kier molecular flexibility index (Phi) is 6.03. The molecule has 4 nitrogen and oxygen atoms in total. The lowest BCUT2D eigenvalue weighted by Gasteiger charge is -2.25. The predicted molar refractivity (Wildman–Crippen MR) is 111 cm³/mol. The van der Waals surface area contributed by atoms with Gasteiger partial charge in [-0.05, 0) is 42.9 Å². The molecule has 0 saturated carbocycles. The van der Waals surface area contributed by atoms with Gasteiger partial charge < -0.3 is 9.88 Å². The van der Waals surface area contributed by atoms with Gasteiger partial charge in [0.1, 0.15) is 0 Å². The quantitative estimate of drug-likeness (QED) is 0.609. The van der Waals surface area contributed by atoms with E-state index >= 15 is 0 Å². The number of hydrogen-bond donors (Lipinski definition) is 2. The van der Waals surface area contributed by atoms with Gasteiger partial charge in [0.05, 0.1) is 12.6 Å². The first-order valence-corrected chi connectivity index (χ1v) is 9.70. The monoisotopic (exact) mass is 363 g/mol. The predicted octanol–water partition coefficient (Wildman–Crippen LogP) is 3.57. The number of aromatic nitrogens is 1. The molecule has 1 aliphatic rings. The fourth-order valence-corrected chi connectivity index (χ4v) is 3.95. The lowest BCUT2D eigenvalue weighted by molar-refractivity contribution is -0.123. The van der Waals surface area contributed by atoms with Gasteiger partial charge in [0, 0.05) is 29.7 Å². The SMILES string of the molecule is C=CCNC(=O)[C@@H]1Cc2cn(CC#CC)c3cccc(c23)[C@H](CC(C)C)N1. The minimum absolute atomic E-state index is 0.0331. The normalized spacial score (nSPS) is 18.7. The summed E-state index contributed by atoms with van der Waals surface area (Å²) in [6.07, 6.45) is 5.56. The van der Waals surface area contributed by atoms with E-state index in [1.807, 2.05) is 6.92 Å². The van der Waals surface area contributed by atoms with Crippen molar-refractivity contribution in [2.45, 2.75) is 52.2 Å². The highest BCUT2D eigenvalue weighted by atomic mass is 16.2. The first kappa shape index (κ1) is 19.3. The molecule has 0 aliphatic carbocycles. The summed E-state index contributed by atoms with van der Waals surface area (Å²) < 4.78 is 2.21. The number of nitrogens with one attached hydrogen (secondary N) is 2. The third-order valence-electron chi connectivity index (χ3n) is 5.09. The molecule has 0 spiro atoms. The third-order valence-corrected chi connectivity index (χ3v) is 5.09. The molecule has 4 heteroatoms. The molecule has 0 saturated heterocycles. The van der Waals surface area contributed by atoms with E-state index in [1.165, 1.54) is 22.0 Å². The zero-order valence-electron chi connectivity index (χ0n) is 16.5. The molecule has 1 aromatic carbocycles. The molecule has 2 N–H and O–H groups in total. The Balaban J connectivity index is 2.07. The van der Waals surface area contributed by atoms with E-state index in [2.05, 4.69) is 71.9 Å². The van der Waals surface area contributed by atoms with E-state index in [4.69, 9.17) is 0 Å². The lowest BCUT2D eigenvalue weighted by Crippen LogP contribution is -2.46. The number of amides is 1. The molecule has 2 heterocycles. The summed E-state index contributed by atoms with van der Waals surface area (Å²) in [7, 11) is 0. The van der Waals surface area contributed by atoms with Gasteiger partial charge in [-0.3, -0.25) is 10.1 Å². The zero-order valence-corrected chi connectivity index (χ0v) is 16.5. The smallest absolute Gasteiger partial charge is 0.237 e. The topological polar surface area (TPSA) is 46.1 Å². The average molecular weight is 364 g/mol. The lowest BCUT2D eigenvalue weighted by atomic mass is 9.94. The Morgan fingerprint density at radius 2 is 2.30 bits per heavy atom. The summed E-state index contributed by atoms with van der Waals surface area (Å²) >= 11 is 0. The average Bonchev–Trinajstić information content (AvgIpc) is 2.92. The van der Waals surface area contributed by atoms with Crippen molar-refractivity contribution in [3.8, 4) is 11.8 Å². The Morgan fingerprint density at radius 1 is 1.48 bits per heavy atom. The number of nitrogens with zero attached hydrogens (tertiary/aromatic N) is 1. The van der Waals surface area contributed by atoms with Crippen molar-refractivity contribution in [1.82, 2.24) is 15.2 Å². The van der Waals surface area contributed by atoms with Gasteiger partial charge in [-0.2, -0.15) is 0 Å². The number of rotatable bonds is 6. The standard InChI is InChI=1S/C23H29N3O/c1-5-7-12-26-15-17-14-20(23(27)24-11-6-2)25-19(13-16(3)4)18-9-8-10-21(26)22(17)18/h6,8-10,15-16,19-20,25H,2,11-14H2,1,3-4H3,(H,24,27)/t19-,20-/m0/s1. The van der Waals surface area contributed by atoms with Crippen LogP contribution in [0.3, 0.4) is 0 Å². The summed E-state index contributed by atoms with van der Waals surface area (Å²) in [6, 6.07) is 6.38. The maximum atomic E-state index is 12.7. The Hall–Kier alpha value is -2.51. The van der Waals surface area contributed by atoms with Gasteiger partial charge >= 0.3 is 0 Å². The number of carbonyl (C=O) groups excluding carboxylic acids is 1. The molecule has 0 bridgehead atoms. The highest BCUT2D eigenvalue weighted by molar-refractivity contribution is 5.90. The summed E-state index contributed by atoms with van der Waals surface area (Å²) in [5.74, 6) is 6.71. The maximum Gasteiger partial charge on any atom is 0.237 e. The molecule has 0 fully saturated rings. The molecule has 1 amide bonds. The van der Waals surface area contributed by atoms with Crippen LogP contribution in [0.25, 0.3) is 10.9 Å². The summed E-state index contributed by atoms with van der Waals surface area (Å²) in [5, 5.41) is 7.87. The second-order valence-electron chi connectivity index (χ2n) is 7.59. The second-order valence-corrected chi connectivity index (χ2v) is 7.59. The molecule has 142 valence electrons. The Labute approximate surface area is 162 Å². The van der Waals surface area contributed by atoms with E-state index in [-0.39, 0.29) is 18.0 Å². The maximum absolute atomic E-state index is 12.7. The van der Waals surface area contributed by atoms with Gasteiger partial charge in [-0.15, -0.1) is 12.5 Å². The highest BCUT2D eigenvalue weighted by Gasteiger charge is 2.30. The van der Waals surface area contributed by atoms with Crippen molar-refractivity contribution >= 4 is 16.8 Å². The van der Waals surface area contributed by atoms with Crippen LogP contribution in [-0.4, -0.2) is 23.1 Å². The molecule has 0 unspecified atom stereocenters. The van der Waals surface area contributed by atoms with E-state index in [1.54, 1.807) is 6.08 Å². The third kappa shape index (κ3) is 4.09. The Bertz CT molecular complexity index is 897. The van der Waals surface area contributed by atoms with Crippen molar-refractivity contribution in [3.63, 3.8) is 0 Å². The fraction of sp³-hybridized carbons (Fsp3) is 0.435. The minimum atomic E-state index is -0.252. The van der Waals surface area contributed by atoms with Gasteiger partial charge in [-0.25, -0.2) is 0 Å². The van der Waals surface area contributed by atoms with Crippen LogP contribution in [0.2, 0.25) is 0 Å². The van der Waals surface area contributed by atoms with Crippen molar-refractivity contribution < 1.29 is 4.79 Å². The molecule has 1 aliphatic heterocycles.